The Hall–Kier alpha value is -2.92. The number of carbonyl (C=O) groups excluding carboxylic acids is 2. The van der Waals surface area contributed by atoms with Crippen molar-refractivity contribution in [3.8, 4) is 0 Å². The van der Waals surface area contributed by atoms with Gasteiger partial charge in [-0.15, -0.1) is 0 Å². The van der Waals surface area contributed by atoms with Crippen LogP contribution in [0.25, 0.3) is 10.9 Å². The van der Waals surface area contributed by atoms with Crippen LogP contribution in [0.5, 0.6) is 0 Å². The molecular weight excluding hydrogens is 350 g/mol. The fourth-order valence-corrected chi connectivity index (χ4v) is 5.77. The SMILES string of the molecule is CN1C(=O)C2C(C1=O)C1c3[nH]c4ccccc4c3CCN1C2c1ccccc1. The van der Waals surface area contributed by atoms with Crippen LogP contribution in [0, 0.1) is 11.8 Å². The van der Waals surface area contributed by atoms with Crippen molar-refractivity contribution in [2.75, 3.05) is 13.6 Å². The summed E-state index contributed by atoms with van der Waals surface area (Å²) in [5.74, 6) is -0.733. The topological polar surface area (TPSA) is 56.4 Å². The molecule has 2 aromatic carbocycles. The van der Waals surface area contributed by atoms with Crippen molar-refractivity contribution in [2.24, 2.45) is 11.8 Å². The number of hydrogen-bond acceptors (Lipinski definition) is 3. The molecule has 0 radical (unpaired) electrons. The quantitative estimate of drug-likeness (QED) is 0.669. The minimum atomic E-state index is -0.324. The molecule has 5 nitrogen and oxygen atoms in total. The van der Waals surface area contributed by atoms with Gasteiger partial charge >= 0.3 is 0 Å². The van der Waals surface area contributed by atoms with Crippen LogP contribution in [0.2, 0.25) is 0 Å². The van der Waals surface area contributed by atoms with Crippen LogP contribution >= 0.6 is 0 Å². The van der Waals surface area contributed by atoms with Gasteiger partial charge in [0, 0.05) is 36.2 Å². The van der Waals surface area contributed by atoms with Crippen LogP contribution in [-0.4, -0.2) is 40.2 Å². The molecule has 3 aliphatic heterocycles. The number of rotatable bonds is 1. The van der Waals surface area contributed by atoms with Crippen LogP contribution in [0.4, 0.5) is 0 Å². The summed E-state index contributed by atoms with van der Waals surface area (Å²) in [6, 6.07) is 18.4. The van der Waals surface area contributed by atoms with E-state index in [4.69, 9.17) is 0 Å². The van der Waals surface area contributed by atoms with E-state index in [2.05, 4.69) is 40.2 Å². The minimum Gasteiger partial charge on any atom is -0.357 e. The van der Waals surface area contributed by atoms with Gasteiger partial charge in [0.25, 0.3) is 0 Å². The lowest BCUT2D eigenvalue weighted by molar-refractivity contribution is -0.140. The number of imide groups is 1. The second-order valence-corrected chi connectivity index (χ2v) is 8.14. The average Bonchev–Trinajstić information content (AvgIpc) is 3.34. The number of nitrogens with zero attached hydrogens (tertiary/aromatic N) is 2. The first-order valence-electron chi connectivity index (χ1n) is 9.88. The summed E-state index contributed by atoms with van der Waals surface area (Å²) >= 11 is 0. The number of benzene rings is 2. The largest absolute Gasteiger partial charge is 0.357 e. The molecule has 4 atom stereocenters. The van der Waals surface area contributed by atoms with Gasteiger partial charge in [-0.2, -0.15) is 0 Å². The second kappa shape index (κ2) is 5.55. The molecule has 4 heterocycles. The number of carbonyl (C=O) groups is 2. The number of aromatic amines is 1. The smallest absolute Gasteiger partial charge is 0.234 e. The monoisotopic (exact) mass is 371 g/mol. The van der Waals surface area contributed by atoms with Gasteiger partial charge in [-0.25, -0.2) is 0 Å². The van der Waals surface area contributed by atoms with Crippen molar-refractivity contribution < 1.29 is 9.59 Å². The molecule has 0 spiro atoms. The third-order valence-corrected chi connectivity index (χ3v) is 6.92. The average molecular weight is 371 g/mol. The Morgan fingerprint density at radius 3 is 2.36 bits per heavy atom. The lowest BCUT2D eigenvalue weighted by atomic mass is 9.85. The first kappa shape index (κ1) is 16.1. The van der Waals surface area contributed by atoms with Crippen molar-refractivity contribution in [2.45, 2.75) is 18.5 Å². The first-order chi connectivity index (χ1) is 13.7. The van der Waals surface area contributed by atoms with Crippen LogP contribution in [0.1, 0.15) is 28.9 Å². The van der Waals surface area contributed by atoms with Crippen molar-refractivity contribution >= 4 is 22.7 Å². The molecule has 0 aliphatic carbocycles. The summed E-state index contributed by atoms with van der Waals surface area (Å²) < 4.78 is 0. The van der Waals surface area contributed by atoms with Crippen LogP contribution in [0.15, 0.2) is 54.6 Å². The molecule has 3 aliphatic rings. The predicted molar refractivity (Wildman–Crippen MR) is 105 cm³/mol. The van der Waals surface area contributed by atoms with Gasteiger partial charge in [-0.3, -0.25) is 19.4 Å². The van der Waals surface area contributed by atoms with E-state index in [0.29, 0.717) is 0 Å². The highest BCUT2D eigenvalue weighted by Gasteiger charge is 2.63. The van der Waals surface area contributed by atoms with Crippen molar-refractivity contribution in [3.05, 3.63) is 71.4 Å². The standard InChI is InChI=1S/C23H21N3O2/c1-25-22(27)17-18(23(25)28)21-19-15(14-9-5-6-10-16(14)24-19)11-12-26(21)20(17)13-7-3-2-4-8-13/h2-10,17-18,20-21,24H,11-12H2,1H3. The van der Waals surface area contributed by atoms with Gasteiger partial charge in [0.15, 0.2) is 0 Å². The Morgan fingerprint density at radius 1 is 0.893 bits per heavy atom. The molecule has 0 bridgehead atoms. The number of aromatic nitrogens is 1. The number of H-pyrrole nitrogens is 1. The fraction of sp³-hybridized carbons (Fsp3) is 0.304. The summed E-state index contributed by atoms with van der Waals surface area (Å²) in [5, 5.41) is 1.24. The normalized spacial score (nSPS) is 29.2. The summed E-state index contributed by atoms with van der Waals surface area (Å²) in [4.78, 5) is 33.5. The van der Waals surface area contributed by atoms with E-state index in [1.54, 1.807) is 7.05 Å². The van der Waals surface area contributed by atoms with Crippen molar-refractivity contribution in [1.29, 1.82) is 0 Å². The molecule has 4 unspecified atom stereocenters. The molecule has 2 fully saturated rings. The third-order valence-electron chi connectivity index (χ3n) is 6.92. The lowest BCUT2D eigenvalue weighted by Crippen LogP contribution is -2.39. The molecule has 6 rings (SSSR count). The fourth-order valence-electron chi connectivity index (χ4n) is 5.77. The number of fused-ring (bicyclic) bond motifs is 7. The Morgan fingerprint density at radius 2 is 1.57 bits per heavy atom. The summed E-state index contributed by atoms with van der Waals surface area (Å²) in [6.45, 7) is 0.857. The number of nitrogens with one attached hydrogen (secondary N) is 1. The number of amides is 2. The van der Waals surface area contributed by atoms with Crippen LogP contribution in [0.3, 0.4) is 0 Å². The van der Waals surface area contributed by atoms with Gasteiger partial charge in [0.1, 0.15) is 0 Å². The van der Waals surface area contributed by atoms with Crippen LogP contribution in [-0.2, 0) is 16.0 Å². The summed E-state index contributed by atoms with van der Waals surface area (Å²) in [6.07, 6.45) is 0.927. The maximum atomic E-state index is 13.1. The van der Waals surface area contributed by atoms with Crippen LogP contribution < -0.4 is 0 Å². The summed E-state index contributed by atoms with van der Waals surface area (Å²) in [7, 11) is 1.63. The molecule has 3 aromatic rings. The molecule has 140 valence electrons. The highest BCUT2D eigenvalue weighted by molar-refractivity contribution is 6.06. The van der Waals surface area contributed by atoms with E-state index in [1.807, 2.05) is 24.3 Å². The van der Waals surface area contributed by atoms with Gasteiger partial charge in [0.2, 0.25) is 11.8 Å². The van der Waals surface area contributed by atoms with E-state index in [0.717, 1.165) is 29.7 Å². The van der Waals surface area contributed by atoms with Crippen molar-refractivity contribution in [1.82, 2.24) is 14.8 Å². The van der Waals surface area contributed by atoms with E-state index in [1.165, 1.54) is 15.8 Å². The molecule has 1 aromatic heterocycles. The summed E-state index contributed by atoms with van der Waals surface area (Å²) in [5.41, 5.74) is 4.66. The Labute approximate surface area is 162 Å². The van der Waals surface area contributed by atoms with Gasteiger partial charge in [-0.05, 0) is 23.6 Å². The van der Waals surface area contributed by atoms with E-state index in [-0.39, 0.29) is 35.7 Å². The van der Waals surface area contributed by atoms with Crippen molar-refractivity contribution in [3.63, 3.8) is 0 Å². The maximum absolute atomic E-state index is 13.1. The minimum absolute atomic E-state index is 0.0454. The van der Waals surface area contributed by atoms with Gasteiger partial charge < -0.3 is 4.98 Å². The zero-order chi connectivity index (χ0) is 19.0. The van der Waals surface area contributed by atoms with Gasteiger partial charge in [0.05, 0.1) is 17.9 Å². The van der Waals surface area contributed by atoms with E-state index >= 15 is 0 Å². The molecule has 28 heavy (non-hydrogen) atoms. The van der Waals surface area contributed by atoms with E-state index < -0.39 is 0 Å². The van der Waals surface area contributed by atoms with E-state index in [9.17, 15) is 9.59 Å². The molecule has 5 heteroatoms. The highest BCUT2D eigenvalue weighted by atomic mass is 16.2. The number of para-hydroxylation sites is 1. The Kier molecular flexibility index (Phi) is 3.19. The first-order valence-corrected chi connectivity index (χ1v) is 9.88. The Balaban J connectivity index is 1.57. The molecule has 2 saturated heterocycles. The zero-order valence-corrected chi connectivity index (χ0v) is 15.6. The molecule has 1 N–H and O–H groups in total. The molecular formula is C23H21N3O2. The maximum Gasteiger partial charge on any atom is 0.234 e. The lowest BCUT2D eigenvalue weighted by Gasteiger charge is -2.36. The molecule has 2 amide bonds. The Bertz CT molecular complexity index is 1120. The number of hydrogen-bond donors (Lipinski definition) is 1. The molecule has 0 saturated carbocycles. The zero-order valence-electron chi connectivity index (χ0n) is 15.6. The van der Waals surface area contributed by atoms with Gasteiger partial charge in [-0.1, -0.05) is 48.5 Å². The number of likely N-dealkylation sites (tertiary alicyclic amines) is 1. The predicted octanol–water partition coefficient (Wildman–Crippen LogP) is 3.05. The third kappa shape index (κ3) is 1.89. The second-order valence-electron chi connectivity index (χ2n) is 8.14. The highest BCUT2D eigenvalue weighted by Crippen LogP contribution is 2.57.